The first-order chi connectivity index (χ1) is 14.5. The Morgan fingerprint density at radius 1 is 1.03 bits per heavy atom. The van der Waals surface area contributed by atoms with Crippen molar-refractivity contribution in [3.63, 3.8) is 0 Å². The molecule has 4 aromatic rings. The van der Waals surface area contributed by atoms with Crippen LogP contribution in [0.2, 0.25) is 0 Å². The Morgan fingerprint density at radius 3 is 2.27 bits per heavy atom. The maximum atomic E-state index is 12.2. The Labute approximate surface area is 175 Å². The fourth-order valence-electron chi connectivity index (χ4n) is 2.95. The first kappa shape index (κ1) is 21.6. The summed E-state index contributed by atoms with van der Waals surface area (Å²) < 4.78 is 21.9. The molecular weight excluding hydrogens is 385 g/mol. The Balaban J connectivity index is 0.000000135. The average molecular weight is 411 g/mol. The molecule has 2 N–H and O–H groups in total. The zero-order valence-corrected chi connectivity index (χ0v) is 17.1. The SMILES string of the molecule is CCN(Cc1ccccc1)CC(C)O.Fc1cccc2c1O2.Oc1cc2ccc1o2. The maximum Gasteiger partial charge on any atom is 0.205 e. The Morgan fingerprint density at radius 2 is 1.80 bits per heavy atom. The van der Waals surface area contributed by atoms with Crippen LogP contribution >= 0.6 is 0 Å². The molecule has 2 aromatic heterocycles. The quantitative estimate of drug-likeness (QED) is 0.379. The molecule has 2 bridgehead atoms. The van der Waals surface area contributed by atoms with Gasteiger partial charge in [-0.25, -0.2) is 4.39 Å². The molecule has 30 heavy (non-hydrogen) atoms. The second kappa shape index (κ2) is 10.1. The molecule has 3 heterocycles. The predicted molar refractivity (Wildman–Crippen MR) is 115 cm³/mol. The van der Waals surface area contributed by atoms with Gasteiger partial charge >= 0.3 is 0 Å². The third-order valence-electron chi connectivity index (χ3n) is 4.48. The molecule has 158 valence electrons. The number of hydrogen-bond acceptors (Lipinski definition) is 5. The fraction of sp³-hybridized carbons (Fsp3) is 0.250. The molecule has 0 spiro atoms. The summed E-state index contributed by atoms with van der Waals surface area (Å²) in [6.07, 6.45) is -0.251. The van der Waals surface area contributed by atoms with Crippen molar-refractivity contribution in [2.45, 2.75) is 26.5 Å². The van der Waals surface area contributed by atoms with Crippen molar-refractivity contribution in [2.75, 3.05) is 13.1 Å². The van der Waals surface area contributed by atoms with E-state index in [1.54, 1.807) is 24.3 Å². The smallest absolute Gasteiger partial charge is 0.205 e. The van der Waals surface area contributed by atoms with E-state index in [1.165, 1.54) is 11.6 Å². The van der Waals surface area contributed by atoms with E-state index in [4.69, 9.17) is 14.3 Å². The number of phenolic OH excluding ortho intramolecular Hbond substituents is 1. The van der Waals surface area contributed by atoms with E-state index in [0.717, 1.165) is 25.2 Å². The summed E-state index contributed by atoms with van der Waals surface area (Å²) in [5.41, 5.74) is 2.60. The van der Waals surface area contributed by atoms with Crippen LogP contribution < -0.4 is 4.74 Å². The van der Waals surface area contributed by atoms with Gasteiger partial charge < -0.3 is 19.4 Å². The molecule has 0 amide bonds. The molecule has 1 aliphatic heterocycles. The number of furan rings is 2. The average Bonchev–Trinajstić information content (AvgIpc) is 3.27. The topological polar surface area (TPSA) is 69.4 Å². The minimum Gasteiger partial charge on any atom is -0.504 e. The van der Waals surface area contributed by atoms with Gasteiger partial charge in [-0.1, -0.05) is 43.3 Å². The van der Waals surface area contributed by atoms with E-state index in [9.17, 15) is 9.50 Å². The number of phenols is 1. The molecule has 0 saturated carbocycles. The van der Waals surface area contributed by atoms with Gasteiger partial charge in [0, 0.05) is 19.2 Å². The van der Waals surface area contributed by atoms with Crippen LogP contribution in [-0.2, 0) is 6.54 Å². The van der Waals surface area contributed by atoms with Gasteiger partial charge in [-0.3, -0.25) is 4.90 Å². The molecule has 0 radical (unpaired) electrons. The van der Waals surface area contributed by atoms with Crippen LogP contribution in [-0.4, -0.2) is 34.3 Å². The number of ether oxygens (including phenoxy) is 1. The normalized spacial score (nSPS) is 12.3. The second-order valence-corrected chi connectivity index (χ2v) is 7.06. The largest absolute Gasteiger partial charge is 0.504 e. The highest BCUT2D eigenvalue weighted by Crippen LogP contribution is 2.46. The molecule has 0 saturated heterocycles. The van der Waals surface area contributed by atoms with Crippen LogP contribution in [0.3, 0.4) is 0 Å². The summed E-state index contributed by atoms with van der Waals surface area (Å²) in [5.74, 6) is 1.06. The van der Waals surface area contributed by atoms with Gasteiger partial charge in [0.15, 0.2) is 22.9 Å². The number of nitrogens with zero attached hydrogens (tertiary/aromatic N) is 1. The third-order valence-corrected chi connectivity index (χ3v) is 4.48. The van der Waals surface area contributed by atoms with Crippen molar-refractivity contribution >= 4 is 11.2 Å². The first-order valence-corrected chi connectivity index (χ1v) is 9.87. The highest BCUT2D eigenvalue weighted by atomic mass is 19.1. The number of likely N-dealkylation sites (N-methyl/N-ethyl adjacent to an activating group) is 1. The van der Waals surface area contributed by atoms with Gasteiger partial charge in [0.1, 0.15) is 5.58 Å². The fourth-order valence-corrected chi connectivity index (χ4v) is 2.95. The highest BCUT2D eigenvalue weighted by Gasteiger charge is 2.23. The Bertz CT molecular complexity index is 1030. The molecule has 1 atom stereocenters. The Kier molecular flexibility index (Phi) is 7.27. The van der Waals surface area contributed by atoms with Crippen molar-refractivity contribution in [1.29, 1.82) is 0 Å². The van der Waals surface area contributed by atoms with E-state index in [1.807, 2.05) is 31.2 Å². The summed E-state index contributed by atoms with van der Waals surface area (Å²) in [6, 6.07) is 20.2. The number of aliphatic hydroxyl groups is 1. The summed E-state index contributed by atoms with van der Waals surface area (Å²) in [6.45, 7) is 6.58. The van der Waals surface area contributed by atoms with Crippen molar-refractivity contribution in [1.82, 2.24) is 4.90 Å². The monoisotopic (exact) mass is 411 g/mol. The van der Waals surface area contributed by atoms with Crippen LogP contribution in [0.1, 0.15) is 19.4 Å². The molecule has 1 unspecified atom stereocenters. The Hall–Kier alpha value is -3.09. The number of hydrogen-bond donors (Lipinski definition) is 2. The van der Waals surface area contributed by atoms with Crippen LogP contribution in [0.15, 0.2) is 71.1 Å². The van der Waals surface area contributed by atoms with E-state index in [0.29, 0.717) is 17.1 Å². The number of benzene rings is 3. The molecule has 0 fully saturated rings. The second-order valence-electron chi connectivity index (χ2n) is 7.06. The molecule has 0 aliphatic carbocycles. The lowest BCUT2D eigenvalue weighted by atomic mass is 10.2. The zero-order chi connectivity index (χ0) is 21.5. The molecule has 5 rings (SSSR count). The van der Waals surface area contributed by atoms with Gasteiger partial charge in [0.05, 0.1) is 6.10 Å². The number of aromatic hydroxyl groups is 1. The van der Waals surface area contributed by atoms with Crippen LogP contribution in [0.25, 0.3) is 11.2 Å². The molecular formula is C24H26FNO4. The number of fused-ring (bicyclic) bond motifs is 3. The maximum absolute atomic E-state index is 12.2. The van der Waals surface area contributed by atoms with Crippen LogP contribution in [0.5, 0.6) is 17.2 Å². The van der Waals surface area contributed by atoms with Crippen molar-refractivity contribution in [3.05, 3.63) is 78.1 Å². The number of aliphatic hydroxyl groups excluding tert-OH is 1. The van der Waals surface area contributed by atoms with Gasteiger partial charge in [0.25, 0.3) is 0 Å². The van der Waals surface area contributed by atoms with Gasteiger partial charge in [-0.15, -0.1) is 0 Å². The lowest BCUT2D eigenvalue weighted by Crippen LogP contribution is -2.30. The van der Waals surface area contributed by atoms with Crippen molar-refractivity contribution in [2.24, 2.45) is 0 Å². The van der Waals surface area contributed by atoms with E-state index < -0.39 is 0 Å². The van der Waals surface area contributed by atoms with E-state index >= 15 is 0 Å². The number of rotatable bonds is 5. The standard InChI is InChI=1S/C12H19NO.C6H3FO.C6H4O2/c1-3-13(9-11(2)14)10-12-7-5-4-6-8-12;7-4-2-1-3-5-6(4)8-5;7-5-3-4-1-2-6(5)8-4/h4-8,11,14H,3,9-10H2,1-2H3;1-3H;1-3,7H. The van der Waals surface area contributed by atoms with Crippen molar-refractivity contribution in [3.8, 4) is 17.2 Å². The van der Waals surface area contributed by atoms with Gasteiger partial charge in [0.2, 0.25) is 5.75 Å². The first-order valence-electron chi connectivity index (χ1n) is 9.87. The van der Waals surface area contributed by atoms with Crippen molar-refractivity contribution < 1.29 is 23.8 Å². The number of halogens is 1. The summed E-state index contributed by atoms with van der Waals surface area (Å²) in [4.78, 5) is 2.24. The minimum absolute atomic E-state index is 0.238. The highest BCUT2D eigenvalue weighted by molar-refractivity contribution is 5.68. The summed E-state index contributed by atoms with van der Waals surface area (Å²) in [7, 11) is 0. The molecule has 2 aromatic carbocycles. The molecule has 1 aliphatic rings. The zero-order valence-electron chi connectivity index (χ0n) is 17.1. The molecule has 6 heteroatoms. The van der Waals surface area contributed by atoms with Crippen LogP contribution in [0, 0.1) is 5.82 Å². The van der Waals surface area contributed by atoms with Gasteiger partial charge in [-0.05, 0) is 43.3 Å². The molecule has 5 nitrogen and oxygen atoms in total. The van der Waals surface area contributed by atoms with Crippen LogP contribution in [0.4, 0.5) is 4.39 Å². The minimum atomic E-state index is -0.262. The van der Waals surface area contributed by atoms with E-state index in [2.05, 4.69) is 24.0 Å². The summed E-state index contributed by atoms with van der Waals surface area (Å²) in [5, 5.41) is 18.1. The summed E-state index contributed by atoms with van der Waals surface area (Å²) >= 11 is 0. The predicted octanol–water partition coefficient (Wildman–Crippen LogP) is 5.40. The lowest BCUT2D eigenvalue weighted by molar-refractivity contribution is 0.126. The lowest BCUT2D eigenvalue weighted by Gasteiger charge is -2.21. The third kappa shape index (κ3) is 6.20. The number of para-hydroxylation sites is 1. The van der Waals surface area contributed by atoms with Gasteiger partial charge in [-0.2, -0.15) is 0 Å². The van der Waals surface area contributed by atoms with E-state index in [-0.39, 0.29) is 17.7 Å².